The highest BCUT2D eigenvalue weighted by molar-refractivity contribution is 6.12. The number of pyridine rings is 3. The lowest BCUT2D eigenvalue weighted by Crippen LogP contribution is -2.11. The van der Waals surface area contributed by atoms with Gasteiger partial charge >= 0.3 is 0 Å². The van der Waals surface area contributed by atoms with Crippen molar-refractivity contribution in [3.63, 3.8) is 0 Å². The fourth-order valence-electron chi connectivity index (χ4n) is 15.0. The van der Waals surface area contributed by atoms with Gasteiger partial charge in [-0.3, -0.25) is 15.0 Å². The minimum Gasteiger partial charge on any atom is -0.309 e. The van der Waals surface area contributed by atoms with Gasteiger partial charge in [0.2, 0.25) is 0 Å². The van der Waals surface area contributed by atoms with Crippen LogP contribution in [0.3, 0.4) is 0 Å². The summed E-state index contributed by atoms with van der Waals surface area (Å²) >= 11 is 0. The number of fused-ring (bicyclic) bond motifs is 6. The molecular weight excluding hydrogens is 1210 g/mol. The van der Waals surface area contributed by atoms with Gasteiger partial charge in [-0.2, -0.15) is 0 Å². The van der Waals surface area contributed by atoms with Crippen LogP contribution < -0.4 is 0 Å². The molecule has 0 saturated carbocycles. The SMILES string of the molecule is CC(C)(C)c1ccnc(-c2ccc(-c3ccccc3-c3cc(-c4ccccc4-c4ccc(-c5ccccn5)cc4-c4ccccc4)cc(-c4ccccc4-c4ccc(-c5cc(C(C)(C)C)ccn5)cc4-n4c5ccccc5c5ccccc54)c3)c(-n3c4ccccc4c4ccccc43)c2)c1. The Morgan fingerprint density at radius 1 is 0.210 bits per heavy atom. The summed E-state index contributed by atoms with van der Waals surface area (Å²) in [6.07, 6.45) is 5.80. The number of para-hydroxylation sites is 4. The monoisotopic (exact) mass is 1280 g/mol. The summed E-state index contributed by atoms with van der Waals surface area (Å²) in [4.78, 5) is 15.0. The van der Waals surface area contributed by atoms with E-state index in [4.69, 9.17) is 15.0 Å². The molecule has 0 spiro atoms. The number of nitrogens with zero attached hydrogens (tertiary/aromatic N) is 5. The van der Waals surface area contributed by atoms with Crippen LogP contribution in [-0.2, 0) is 10.8 Å². The molecule has 0 amide bonds. The summed E-state index contributed by atoms with van der Waals surface area (Å²) in [5.74, 6) is 0. The van der Waals surface area contributed by atoms with Gasteiger partial charge in [0.15, 0.2) is 0 Å². The van der Waals surface area contributed by atoms with E-state index in [1.165, 1.54) is 32.7 Å². The highest BCUT2D eigenvalue weighted by atomic mass is 15.0. The molecule has 0 fully saturated rings. The van der Waals surface area contributed by atoms with Crippen LogP contribution in [0.25, 0.3) is 167 Å². The molecule has 5 heterocycles. The fourth-order valence-corrected chi connectivity index (χ4v) is 15.0. The minimum atomic E-state index is -0.0638. The highest BCUT2D eigenvalue weighted by Crippen LogP contribution is 2.48. The topological polar surface area (TPSA) is 48.5 Å². The Morgan fingerprint density at radius 3 is 0.940 bits per heavy atom. The van der Waals surface area contributed by atoms with E-state index in [0.717, 1.165) is 145 Å². The lowest BCUT2D eigenvalue weighted by atomic mass is 9.84. The Balaban J connectivity index is 0.927. The molecule has 0 unspecified atom stereocenters. The van der Waals surface area contributed by atoms with Crippen molar-refractivity contribution in [3.8, 4) is 123 Å². The maximum absolute atomic E-state index is 5.07. The minimum absolute atomic E-state index is 0.0638. The first-order valence-electron chi connectivity index (χ1n) is 34.6. The molecule has 0 aliphatic carbocycles. The van der Waals surface area contributed by atoms with E-state index in [0.29, 0.717) is 0 Å². The van der Waals surface area contributed by atoms with Gasteiger partial charge < -0.3 is 9.13 Å². The van der Waals surface area contributed by atoms with Crippen LogP contribution in [-0.4, -0.2) is 24.1 Å². The Morgan fingerprint density at radius 2 is 0.540 bits per heavy atom. The third-order valence-electron chi connectivity index (χ3n) is 20.1. The molecule has 5 nitrogen and oxygen atoms in total. The summed E-state index contributed by atoms with van der Waals surface area (Å²) in [5, 5.41) is 4.81. The van der Waals surface area contributed by atoms with E-state index in [1.54, 1.807) is 0 Å². The Hall–Kier alpha value is -12.3. The number of rotatable bonds is 12. The molecule has 0 saturated heterocycles. The third-order valence-corrected chi connectivity index (χ3v) is 20.1. The van der Waals surface area contributed by atoms with Crippen LogP contribution in [0.1, 0.15) is 52.7 Å². The van der Waals surface area contributed by atoms with Crippen molar-refractivity contribution in [3.05, 3.63) is 345 Å². The summed E-state index contributed by atoms with van der Waals surface area (Å²) in [7, 11) is 0. The lowest BCUT2D eigenvalue weighted by Gasteiger charge is -2.22. The van der Waals surface area contributed by atoms with Crippen LogP contribution in [0.2, 0.25) is 0 Å². The standard InChI is InChI=1S/C95H73N5/c1-94(2,3)69-49-52-97-86(60-69)64-44-47-82(92(58-64)99-88-39-20-16-34-78(88)79-35-17-21-40-89(79)99)75-32-14-11-29-72(75)67-54-66(71-28-10-13-31-74(71)77-46-43-63(85-38-24-25-51-96-85)57-84(77)62-26-8-7-9-27-62)55-68(56-67)73-30-12-15-33-76(73)83-48-45-65(87-61-70(50-53-98-87)95(4,5)6)59-93(83)100-90-41-22-18-36-80(90)81-37-19-23-42-91(81)100/h7-61H,1-6H3. The molecule has 5 heteroatoms. The zero-order chi connectivity index (χ0) is 67.6. The maximum Gasteiger partial charge on any atom is 0.0705 e. The molecule has 0 aliphatic heterocycles. The quantitative estimate of drug-likeness (QED) is 0.122. The molecule has 0 aliphatic rings. The first-order valence-corrected chi connectivity index (χ1v) is 34.6. The van der Waals surface area contributed by atoms with E-state index < -0.39 is 0 Å². The van der Waals surface area contributed by atoms with Crippen molar-refractivity contribution in [2.45, 2.75) is 52.4 Å². The number of benzene rings is 12. The number of hydrogen-bond acceptors (Lipinski definition) is 3. The molecule has 17 rings (SSSR count). The first kappa shape index (κ1) is 61.3. The van der Waals surface area contributed by atoms with Gasteiger partial charge in [-0.25, -0.2) is 0 Å². The largest absolute Gasteiger partial charge is 0.309 e. The molecule has 0 N–H and O–H groups in total. The Labute approximate surface area is 584 Å². The summed E-state index contributed by atoms with van der Waals surface area (Å²) < 4.78 is 4.95. The molecule has 0 atom stereocenters. The number of hydrogen-bond donors (Lipinski definition) is 0. The van der Waals surface area contributed by atoms with Crippen LogP contribution in [0.15, 0.2) is 334 Å². The van der Waals surface area contributed by atoms with Crippen LogP contribution in [0, 0.1) is 0 Å². The second-order valence-corrected chi connectivity index (χ2v) is 28.3. The van der Waals surface area contributed by atoms with Gasteiger partial charge in [-0.05, 0) is 186 Å². The van der Waals surface area contributed by atoms with Gasteiger partial charge in [0, 0.05) is 68.0 Å². The van der Waals surface area contributed by atoms with Crippen molar-refractivity contribution >= 4 is 43.6 Å². The molecule has 17 aromatic rings. The predicted octanol–water partition coefficient (Wildman–Crippen LogP) is 25.3. The third kappa shape index (κ3) is 11.1. The van der Waals surface area contributed by atoms with E-state index in [1.807, 2.05) is 24.7 Å². The molecule has 0 bridgehead atoms. The second kappa shape index (κ2) is 25.0. The molecular formula is C95H73N5. The molecule has 12 aromatic carbocycles. The van der Waals surface area contributed by atoms with Crippen LogP contribution >= 0.6 is 0 Å². The van der Waals surface area contributed by atoms with E-state index in [9.17, 15) is 0 Å². The lowest BCUT2D eigenvalue weighted by molar-refractivity contribution is 0.589. The Kier molecular flexibility index (Phi) is 15.3. The fraction of sp³-hybridized carbons (Fsp3) is 0.0842. The van der Waals surface area contributed by atoms with Crippen molar-refractivity contribution in [1.29, 1.82) is 0 Å². The van der Waals surface area contributed by atoms with Gasteiger partial charge in [-0.1, -0.05) is 260 Å². The Bertz CT molecular complexity index is 5610. The summed E-state index contributed by atoms with van der Waals surface area (Å²) in [6.45, 7) is 13.6. The second-order valence-electron chi connectivity index (χ2n) is 28.3. The summed E-state index contributed by atoms with van der Waals surface area (Å²) in [5.41, 5.74) is 30.5. The van der Waals surface area contributed by atoms with E-state index in [-0.39, 0.29) is 10.8 Å². The van der Waals surface area contributed by atoms with Gasteiger partial charge in [-0.15, -0.1) is 0 Å². The van der Waals surface area contributed by atoms with Crippen molar-refractivity contribution < 1.29 is 0 Å². The summed E-state index contributed by atoms with van der Waals surface area (Å²) in [6, 6.07) is 116. The average molecular weight is 1280 g/mol. The van der Waals surface area contributed by atoms with Crippen LogP contribution in [0.5, 0.6) is 0 Å². The smallest absolute Gasteiger partial charge is 0.0705 e. The van der Waals surface area contributed by atoms with E-state index in [2.05, 4.69) is 360 Å². The molecule has 478 valence electrons. The van der Waals surface area contributed by atoms with Crippen molar-refractivity contribution in [2.24, 2.45) is 0 Å². The molecule has 5 aromatic heterocycles. The highest BCUT2D eigenvalue weighted by Gasteiger charge is 2.25. The predicted molar refractivity (Wildman–Crippen MR) is 420 cm³/mol. The van der Waals surface area contributed by atoms with Gasteiger partial charge in [0.05, 0.1) is 50.5 Å². The van der Waals surface area contributed by atoms with Crippen molar-refractivity contribution in [2.75, 3.05) is 0 Å². The molecule has 0 radical (unpaired) electrons. The number of aromatic nitrogens is 5. The normalized spacial score (nSPS) is 11.9. The zero-order valence-electron chi connectivity index (χ0n) is 57.0. The first-order chi connectivity index (χ1) is 48.9. The van der Waals surface area contributed by atoms with Crippen LogP contribution in [0.4, 0.5) is 0 Å². The zero-order valence-corrected chi connectivity index (χ0v) is 57.0. The maximum atomic E-state index is 5.07. The van der Waals surface area contributed by atoms with Crippen molar-refractivity contribution in [1.82, 2.24) is 24.1 Å². The average Bonchev–Trinajstić information content (AvgIpc) is 1.51. The van der Waals surface area contributed by atoms with Gasteiger partial charge in [0.25, 0.3) is 0 Å². The molecule has 100 heavy (non-hydrogen) atoms. The van der Waals surface area contributed by atoms with Gasteiger partial charge in [0.1, 0.15) is 0 Å². The van der Waals surface area contributed by atoms with E-state index >= 15 is 0 Å².